The maximum absolute atomic E-state index is 12.8. The molecule has 1 aromatic carbocycles. The van der Waals surface area contributed by atoms with Crippen LogP contribution in [0.4, 0.5) is 32.2 Å². The van der Waals surface area contributed by atoms with Gasteiger partial charge in [-0.05, 0) is 31.9 Å². The summed E-state index contributed by atoms with van der Waals surface area (Å²) in [6.45, 7) is 2.28. The number of amides is 1. The Hall–Kier alpha value is -4.91. The molecule has 0 radical (unpaired) electrons. The number of hydrogen-bond donors (Lipinski definition) is 6. The van der Waals surface area contributed by atoms with Gasteiger partial charge in [0.25, 0.3) is 5.91 Å². The van der Waals surface area contributed by atoms with Gasteiger partial charge in [0.1, 0.15) is 11.9 Å². The summed E-state index contributed by atoms with van der Waals surface area (Å²) in [5.41, 5.74) is 12.9. The highest BCUT2D eigenvalue weighted by Crippen LogP contribution is 2.28. The summed E-state index contributed by atoms with van der Waals surface area (Å²) >= 11 is 0. The zero-order valence-electron chi connectivity index (χ0n) is 23.4. The molecule has 1 saturated heterocycles. The number of aliphatic carboxylic acids is 2. The first-order chi connectivity index (χ1) is 20.8. The lowest BCUT2D eigenvalue weighted by Crippen LogP contribution is -2.40. The number of aliphatic imine (C=N–C) groups is 1. The molecule has 2 aliphatic rings. The van der Waals surface area contributed by atoms with Crippen molar-refractivity contribution in [1.29, 1.82) is 0 Å². The molecule has 4 rings (SSSR count). The van der Waals surface area contributed by atoms with Gasteiger partial charge in [0.15, 0.2) is 5.96 Å². The summed E-state index contributed by atoms with van der Waals surface area (Å²) in [7, 11) is 0. The number of aryl methyl sites for hydroxylation is 1. The minimum absolute atomic E-state index is 0.00671. The lowest BCUT2D eigenvalue weighted by molar-refractivity contribution is -0.193. The Labute approximate surface area is 250 Å². The molecule has 0 bridgehead atoms. The maximum atomic E-state index is 12.8. The lowest BCUT2D eigenvalue weighted by atomic mass is 9.90. The first-order valence-electron chi connectivity index (χ1n) is 13.0. The molecule has 1 amide bonds. The zero-order chi connectivity index (χ0) is 34.1. The zero-order valence-corrected chi connectivity index (χ0v) is 23.4. The van der Waals surface area contributed by atoms with E-state index in [-0.39, 0.29) is 23.9 Å². The van der Waals surface area contributed by atoms with Gasteiger partial charge in [0.2, 0.25) is 5.82 Å². The van der Waals surface area contributed by atoms with Gasteiger partial charge in [-0.2, -0.15) is 26.3 Å². The number of ether oxygens (including phenoxy) is 1. The molecule has 45 heavy (non-hydrogen) atoms. The van der Waals surface area contributed by atoms with Crippen LogP contribution in [0, 0.1) is 6.92 Å². The summed E-state index contributed by atoms with van der Waals surface area (Å²) in [6, 6.07) is 5.00. The van der Waals surface area contributed by atoms with Crippen molar-refractivity contribution in [3.05, 3.63) is 29.6 Å². The Morgan fingerprint density at radius 2 is 1.56 bits per heavy atom. The van der Waals surface area contributed by atoms with E-state index in [4.69, 9.17) is 36.0 Å². The van der Waals surface area contributed by atoms with Gasteiger partial charge in [0, 0.05) is 11.8 Å². The van der Waals surface area contributed by atoms with Crippen LogP contribution in [-0.4, -0.2) is 87.0 Å². The van der Waals surface area contributed by atoms with Gasteiger partial charge in [-0.1, -0.05) is 24.5 Å². The van der Waals surface area contributed by atoms with Crippen LogP contribution in [0.2, 0.25) is 0 Å². The van der Waals surface area contributed by atoms with Crippen LogP contribution in [0.25, 0.3) is 10.9 Å². The smallest absolute Gasteiger partial charge is 0.475 e. The molecular formula is C25H29F6N7O7. The van der Waals surface area contributed by atoms with Crippen LogP contribution in [0.3, 0.4) is 0 Å². The number of carboxylic acid groups (broad SMARTS) is 2. The predicted octanol–water partition coefficient (Wildman–Crippen LogP) is 2.25. The summed E-state index contributed by atoms with van der Waals surface area (Å²) < 4.78 is 68.4. The second-order valence-corrected chi connectivity index (χ2v) is 9.66. The van der Waals surface area contributed by atoms with E-state index in [9.17, 15) is 35.9 Å². The quantitative estimate of drug-likeness (QED) is 0.118. The van der Waals surface area contributed by atoms with Crippen molar-refractivity contribution in [2.75, 3.05) is 11.9 Å². The Balaban J connectivity index is 0.000000421. The van der Waals surface area contributed by atoms with Crippen LogP contribution < -0.4 is 22.1 Å². The molecule has 1 aromatic heterocycles. The van der Waals surface area contributed by atoms with E-state index in [1.54, 1.807) is 0 Å². The van der Waals surface area contributed by atoms with E-state index in [1.165, 1.54) is 0 Å². The van der Waals surface area contributed by atoms with Crippen LogP contribution >= 0.6 is 0 Å². The number of nitrogens with one attached hydrogen (secondary N) is 2. The fourth-order valence-corrected chi connectivity index (χ4v) is 4.10. The number of cyclic esters (lactones) is 1. The molecule has 2 fully saturated rings. The summed E-state index contributed by atoms with van der Waals surface area (Å²) in [6.07, 6.45) is -5.88. The van der Waals surface area contributed by atoms with Gasteiger partial charge < -0.3 is 37.1 Å². The number of halogens is 6. The number of carbonyl (C=O) groups excluding carboxylic acids is 2. The Morgan fingerprint density at radius 1 is 0.978 bits per heavy atom. The van der Waals surface area contributed by atoms with Gasteiger partial charge in [-0.15, -0.1) is 0 Å². The third-order valence-corrected chi connectivity index (χ3v) is 6.15. The third kappa shape index (κ3) is 11.3. The third-order valence-electron chi connectivity index (χ3n) is 6.15. The average Bonchev–Trinajstić information content (AvgIpc) is 3.33. The lowest BCUT2D eigenvalue weighted by Gasteiger charge is -2.30. The molecule has 3 unspecified atom stereocenters. The van der Waals surface area contributed by atoms with E-state index in [0.717, 1.165) is 36.6 Å². The molecular weight excluding hydrogens is 624 g/mol. The number of benzene rings is 1. The summed E-state index contributed by atoms with van der Waals surface area (Å²) in [5.74, 6) is -5.86. The maximum Gasteiger partial charge on any atom is 0.490 e. The van der Waals surface area contributed by atoms with Crippen molar-refractivity contribution in [2.24, 2.45) is 16.5 Å². The van der Waals surface area contributed by atoms with Crippen molar-refractivity contribution >= 4 is 46.5 Å². The number of esters is 1. The molecule has 1 aliphatic carbocycles. The highest BCUT2D eigenvalue weighted by molar-refractivity contribution is 5.98. The molecule has 1 saturated carbocycles. The molecule has 0 spiro atoms. The van der Waals surface area contributed by atoms with Crippen molar-refractivity contribution in [1.82, 2.24) is 15.3 Å². The first kappa shape index (κ1) is 36.3. The number of alkyl halides is 6. The van der Waals surface area contributed by atoms with Crippen LogP contribution in [0.15, 0.2) is 23.2 Å². The first-order valence-corrected chi connectivity index (χ1v) is 13.0. The molecule has 20 heteroatoms. The van der Waals surface area contributed by atoms with Crippen molar-refractivity contribution < 1.29 is 60.5 Å². The molecule has 2 aromatic rings. The highest BCUT2D eigenvalue weighted by Gasteiger charge is 2.39. The fourth-order valence-electron chi connectivity index (χ4n) is 4.10. The van der Waals surface area contributed by atoms with Gasteiger partial charge >= 0.3 is 30.3 Å². The summed E-state index contributed by atoms with van der Waals surface area (Å²) in [5, 5.41) is 21.2. The number of hydrogen-bond acceptors (Lipinski definition) is 9. The SMILES string of the molecule is Cc1ccc2nc(C(=O)NC3CCOC3=O)nc(NC3CCCCC3N=C(N)N)c2c1.O=C(O)C(F)(F)F.O=C(O)C(F)(F)F. The molecule has 3 atom stereocenters. The monoisotopic (exact) mass is 653 g/mol. The van der Waals surface area contributed by atoms with Crippen LogP contribution in [0.5, 0.6) is 0 Å². The number of nitrogens with two attached hydrogens (primary N) is 2. The Kier molecular flexibility index (Phi) is 12.3. The second kappa shape index (κ2) is 15.2. The average molecular weight is 654 g/mol. The highest BCUT2D eigenvalue weighted by atomic mass is 19.4. The van der Waals surface area contributed by atoms with Crippen molar-refractivity contribution in [3.63, 3.8) is 0 Å². The molecule has 1 aliphatic heterocycles. The van der Waals surface area contributed by atoms with Crippen LogP contribution in [-0.2, 0) is 19.1 Å². The topological polar surface area (TPSA) is 232 Å². The molecule has 14 nitrogen and oxygen atoms in total. The van der Waals surface area contributed by atoms with E-state index in [0.29, 0.717) is 24.4 Å². The minimum Gasteiger partial charge on any atom is -0.475 e. The minimum atomic E-state index is -5.08. The largest absolute Gasteiger partial charge is 0.490 e. The number of rotatable bonds is 5. The second-order valence-electron chi connectivity index (χ2n) is 9.66. The molecule has 2 heterocycles. The van der Waals surface area contributed by atoms with E-state index in [2.05, 4.69) is 25.6 Å². The number of nitrogens with zero attached hydrogens (tertiary/aromatic N) is 3. The number of anilines is 1. The summed E-state index contributed by atoms with van der Waals surface area (Å²) in [4.78, 5) is 55.6. The van der Waals surface area contributed by atoms with E-state index in [1.807, 2.05) is 25.1 Å². The normalized spacial score (nSPS) is 19.5. The van der Waals surface area contributed by atoms with Gasteiger partial charge in [-0.25, -0.2) is 29.3 Å². The van der Waals surface area contributed by atoms with Crippen molar-refractivity contribution in [2.45, 2.75) is 69.5 Å². The molecule has 8 N–H and O–H groups in total. The van der Waals surface area contributed by atoms with Crippen LogP contribution in [0.1, 0.15) is 48.3 Å². The van der Waals surface area contributed by atoms with Crippen molar-refractivity contribution in [3.8, 4) is 0 Å². The number of carbonyl (C=O) groups is 4. The standard InChI is InChI=1S/C21H27N7O3.2C2HF3O2/c1-11-6-7-13-12(10-11)17(25-14-4-2-3-5-15(14)27-21(22)23)28-18(24-13)19(29)26-16-8-9-31-20(16)30;2*3-2(4,5)1(6)7/h6-7,10,14-16H,2-5,8-9H2,1H3,(H,26,29)(H4,22,23,27)(H,24,25,28);2*(H,6,7). The number of guanidine groups is 1. The van der Waals surface area contributed by atoms with Gasteiger partial charge in [0.05, 0.1) is 24.2 Å². The fraction of sp³-hybridized carbons (Fsp3) is 0.480. The van der Waals surface area contributed by atoms with Gasteiger partial charge in [-0.3, -0.25) is 4.79 Å². The number of carboxylic acids is 2. The number of aromatic nitrogens is 2. The van der Waals surface area contributed by atoms with E-state index >= 15 is 0 Å². The molecule has 248 valence electrons. The predicted molar refractivity (Wildman–Crippen MR) is 144 cm³/mol. The Morgan fingerprint density at radius 3 is 2.07 bits per heavy atom. The number of fused-ring (bicyclic) bond motifs is 1. The van der Waals surface area contributed by atoms with E-state index < -0.39 is 42.2 Å². The Bertz CT molecular complexity index is 1410.